The number of likely N-dealkylation sites (tertiary alicyclic amines) is 1. The van der Waals surface area contributed by atoms with Crippen molar-refractivity contribution in [2.45, 2.75) is 72.4 Å². The third-order valence-corrected chi connectivity index (χ3v) is 7.60. The van der Waals surface area contributed by atoms with Crippen LogP contribution in [-0.4, -0.2) is 37.1 Å². The Morgan fingerprint density at radius 3 is 2.03 bits per heavy atom. The second-order valence-corrected chi connectivity index (χ2v) is 10.8. The third-order valence-electron chi connectivity index (χ3n) is 7.60. The quantitative estimate of drug-likeness (QED) is 0.449. The van der Waals surface area contributed by atoms with Gasteiger partial charge < -0.3 is 16.0 Å². The number of rotatable bonds is 11. The summed E-state index contributed by atoms with van der Waals surface area (Å²) in [4.78, 5) is 2.61. The lowest BCUT2D eigenvalue weighted by Gasteiger charge is -2.40. The second-order valence-electron chi connectivity index (χ2n) is 10.8. The maximum Gasteiger partial charge on any atom is 0.0352 e. The summed E-state index contributed by atoms with van der Waals surface area (Å²) < 4.78 is 0. The van der Waals surface area contributed by atoms with Gasteiger partial charge in [0.15, 0.2) is 0 Å². The maximum atomic E-state index is 5.75. The number of benzene rings is 2. The predicted molar refractivity (Wildman–Crippen MR) is 143 cm³/mol. The third kappa shape index (κ3) is 7.67. The van der Waals surface area contributed by atoms with Gasteiger partial charge in [-0.2, -0.15) is 0 Å². The van der Waals surface area contributed by atoms with Gasteiger partial charge in [-0.3, -0.25) is 0 Å². The van der Waals surface area contributed by atoms with Crippen LogP contribution >= 0.6 is 0 Å². The normalized spacial score (nSPS) is 18.4. The largest absolute Gasteiger partial charge is 0.330 e. The molecule has 0 spiro atoms. The zero-order chi connectivity index (χ0) is 23.8. The van der Waals surface area contributed by atoms with E-state index in [1.807, 2.05) is 0 Å². The Kier molecular flexibility index (Phi) is 9.97. The van der Waals surface area contributed by atoms with Crippen LogP contribution in [0.5, 0.6) is 0 Å². The molecule has 1 aliphatic rings. The monoisotopic (exact) mass is 449 g/mol. The van der Waals surface area contributed by atoms with Gasteiger partial charge in [0.1, 0.15) is 0 Å². The fourth-order valence-corrected chi connectivity index (χ4v) is 5.55. The summed E-state index contributed by atoms with van der Waals surface area (Å²) in [6, 6.07) is 19.3. The summed E-state index contributed by atoms with van der Waals surface area (Å²) in [6.07, 6.45) is 4.74. The van der Waals surface area contributed by atoms with E-state index in [2.05, 4.69) is 93.4 Å². The van der Waals surface area contributed by atoms with Crippen molar-refractivity contribution in [2.75, 3.05) is 26.2 Å². The molecule has 3 heteroatoms. The number of nitrogens with zero attached hydrogens (tertiary/aromatic N) is 1. The molecule has 0 bridgehead atoms. The van der Waals surface area contributed by atoms with Gasteiger partial charge in [-0.15, -0.1) is 0 Å². The Morgan fingerprint density at radius 1 is 0.909 bits per heavy atom. The Hall–Kier alpha value is -1.68. The molecule has 0 radical (unpaired) electrons. The summed E-state index contributed by atoms with van der Waals surface area (Å²) in [7, 11) is 0. The molecule has 2 aromatic carbocycles. The van der Waals surface area contributed by atoms with Gasteiger partial charge in [-0.1, -0.05) is 80.4 Å². The van der Waals surface area contributed by atoms with Crippen LogP contribution < -0.4 is 11.1 Å². The fourth-order valence-electron chi connectivity index (χ4n) is 5.55. The van der Waals surface area contributed by atoms with E-state index in [9.17, 15) is 0 Å². The summed E-state index contributed by atoms with van der Waals surface area (Å²) >= 11 is 0. The molecule has 3 unspecified atom stereocenters. The summed E-state index contributed by atoms with van der Waals surface area (Å²) in [5.74, 6) is 1.84. The molecule has 0 aliphatic carbocycles. The van der Waals surface area contributed by atoms with E-state index in [0.717, 1.165) is 25.9 Å². The maximum absolute atomic E-state index is 5.75. The van der Waals surface area contributed by atoms with E-state index in [1.165, 1.54) is 48.2 Å². The van der Waals surface area contributed by atoms with Crippen LogP contribution in [0.15, 0.2) is 48.5 Å². The molecule has 1 fully saturated rings. The first-order valence-electron chi connectivity index (χ1n) is 13.2. The first-order chi connectivity index (χ1) is 15.9. The zero-order valence-corrected chi connectivity index (χ0v) is 21.7. The van der Waals surface area contributed by atoms with Crippen LogP contribution in [-0.2, 0) is 6.42 Å². The lowest BCUT2D eigenvalue weighted by Crippen LogP contribution is -2.46. The molecule has 1 heterocycles. The van der Waals surface area contributed by atoms with E-state index in [4.69, 9.17) is 5.73 Å². The number of nitrogens with two attached hydrogens (primary N) is 1. The molecule has 2 aromatic rings. The van der Waals surface area contributed by atoms with E-state index in [0.29, 0.717) is 29.8 Å². The number of nitrogens with one attached hydrogen (secondary N) is 1. The smallest absolute Gasteiger partial charge is 0.0352 e. The highest BCUT2D eigenvalue weighted by Crippen LogP contribution is 2.33. The molecule has 3 nitrogen and oxygen atoms in total. The van der Waals surface area contributed by atoms with Crippen LogP contribution in [0.2, 0.25) is 0 Å². The fraction of sp³-hybridized carbons (Fsp3) is 0.600. The van der Waals surface area contributed by atoms with Gasteiger partial charge in [0.05, 0.1) is 0 Å². The second kappa shape index (κ2) is 12.7. The molecule has 0 amide bonds. The molecule has 1 aliphatic heterocycles. The first kappa shape index (κ1) is 25.9. The number of aryl methyl sites for hydroxylation is 2. The van der Waals surface area contributed by atoms with Gasteiger partial charge in [0, 0.05) is 12.1 Å². The minimum absolute atomic E-state index is 0.412. The molecule has 1 saturated heterocycles. The van der Waals surface area contributed by atoms with Crippen LogP contribution in [0.1, 0.15) is 68.3 Å². The van der Waals surface area contributed by atoms with Crippen LogP contribution in [0.25, 0.3) is 0 Å². The van der Waals surface area contributed by atoms with Gasteiger partial charge in [-0.05, 0) is 94.6 Å². The van der Waals surface area contributed by atoms with Crippen molar-refractivity contribution in [1.82, 2.24) is 10.2 Å². The number of hydrogen-bond acceptors (Lipinski definition) is 3. The van der Waals surface area contributed by atoms with Crippen LogP contribution in [0.4, 0.5) is 0 Å². The van der Waals surface area contributed by atoms with Gasteiger partial charge in [-0.25, -0.2) is 0 Å². The lowest BCUT2D eigenvalue weighted by molar-refractivity contribution is 0.141. The highest BCUT2D eigenvalue weighted by molar-refractivity contribution is 5.25. The lowest BCUT2D eigenvalue weighted by atomic mass is 9.81. The molecular weight excluding hydrogens is 402 g/mol. The van der Waals surface area contributed by atoms with Gasteiger partial charge >= 0.3 is 0 Å². The van der Waals surface area contributed by atoms with Crippen LogP contribution in [0.3, 0.4) is 0 Å². The van der Waals surface area contributed by atoms with Crippen molar-refractivity contribution < 1.29 is 0 Å². The standard InChI is InChI=1S/C30H47N3/c1-22(2)29(25(5)21-26-11-7-23(3)8-12-26)32-30(27-13-9-24(4)10-14-27)28-15-19-33(20-16-28)18-6-17-31/h7-14,22,25,28-30,32H,6,15-21,31H2,1-5H3. The van der Waals surface area contributed by atoms with Gasteiger partial charge in [0.25, 0.3) is 0 Å². The van der Waals surface area contributed by atoms with Crippen molar-refractivity contribution in [1.29, 1.82) is 0 Å². The minimum atomic E-state index is 0.412. The van der Waals surface area contributed by atoms with Crippen LogP contribution in [0, 0.1) is 31.6 Å². The number of hydrogen-bond donors (Lipinski definition) is 2. The molecular formula is C30H47N3. The van der Waals surface area contributed by atoms with Crippen molar-refractivity contribution in [3.63, 3.8) is 0 Å². The Labute approximate surface area is 203 Å². The topological polar surface area (TPSA) is 41.3 Å². The summed E-state index contributed by atoms with van der Waals surface area (Å²) in [5.41, 5.74) is 11.3. The molecule has 0 saturated carbocycles. The zero-order valence-electron chi connectivity index (χ0n) is 21.7. The molecule has 3 N–H and O–H groups in total. The molecule has 0 aromatic heterocycles. The van der Waals surface area contributed by atoms with Crippen molar-refractivity contribution in [3.8, 4) is 0 Å². The average molecular weight is 450 g/mol. The van der Waals surface area contributed by atoms with E-state index < -0.39 is 0 Å². The highest BCUT2D eigenvalue weighted by Gasteiger charge is 2.31. The molecule has 3 rings (SSSR count). The molecule has 182 valence electrons. The predicted octanol–water partition coefficient (Wildman–Crippen LogP) is 5.90. The summed E-state index contributed by atoms with van der Waals surface area (Å²) in [6.45, 7) is 15.9. The average Bonchev–Trinajstić information content (AvgIpc) is 2.81. The molecule has 33 heavy (non-hydrogen) atoms. The summed E-state index contributed by atoms with van der Waals surface area (Å²) in [5, 5.41) is 4.21. The van der Waals surface area contributed by atoms with Gasteiger partial charge in [0.2, 0.25) is 0 Å². The van der Waals surface area contributed by atoms with Crippen molar-refractivity contribution in [3.05, 3.63) is 70.8 Å². The Morgan fingerprint density at radius 2 is 1.48 bits per heavy atom. The highest BCUT2D eigenvalue weighted by atomic mass is 15.1. The first-order valence-corrected chi connectivity index (χ1v) is 13.2. The van der Waals surface area contributed by atoms with E-state index in [1.54, 1.807) is 0 Å². The van der Waals surface area contributed by atoms with E-state index in [-0.39, 0.29) is 0 Å². The van der Waals surface area contributed by atoms with Crippen molar-refractivity contribution >= 4 is 0 Å². The van der Waals surface area contributed by atoms with E-state index >= 15 is 0 Å². The molecule has 3 atom stereocenters. The Bertz CT molecular complexity index is 803. The number of piperidine rings is 1. The Balaban J connectivity index is 1.75. The SMILES string of the molecule is Cc1ccc(CC(C)C(NC(c2ccc(C)cc2)C2CCN(CCCN)CC2)C(C)C)cc1. The minimum Gasteiger partial charge on any atom is -0.330 e. The van der Waals surface area contributed by atoms with Crippen molar-refractivity contribution in [2.24, 2.45) is 23.5 Å².